The second kappa shape index (κ2) is 14.2. The van der Waals surface area contributed by atoms with E-state index in [1.165, 1.54) is 0 Å². The molecule has 0 radical (unpaired) electrons. The van der Waals surface area contributed by atoms with Crippen LogP contribution in [0.3, 0.4) is 0 Å². The molecule has 0 aliphatic heterocycles. The lowest BCUT2D eigenvalue weighted by atomic mass is 10.1. The van der Waals surface area contributed by atoms with E-state index in [0.717, 1.165) is 22.9 Å². The average molecular weight is 552 g/mol. The van der Waals surface area contributed by atoms with Crippen LogP contribution >= 0.6 is 28.1 Å². The Kier molecular flexibility index (Phi) is 11.6. The highest BCUT2D eigenvalue weighted by atomic mass is 79.9. The van der Waals surface area contributed by atoms with Gasteiger partial charge in [-0.2, -0.15) is 0 Å². The van der Waals surface area contributed by atoms with E-state index in [4.69, 9.17) is 26.4 Å². The highest BCUT2D eigenvalue weighted by Crippen LogP contribution is 2.29. The molecule has 0 saturated heterocycles. The molecule has 1 amide bonds. The Morgan fingerprint density at radius 2 is 1.56 bits per heavy atom. The van der Waals surface area contributed by atoms with Crippen LogP contribution in [0.1, 0.15) is 56.5 Å². The lowest BCUT2D eigenvalue weighted by molar-refractivity contribution is 0.0976. The lowest BCUT2D eigenvalue weighted by Gasteiger charge is -2.14. The van der Waals surface area contributed by atoms with Crippen molar-refractivity contribution >= 4 is 39.2 Å². The molecule has 0 bridgehead atoms. The van der Waals surface area contributed by atoms with Crippen molar-refractivity contribution in [2.24, 2.45) is 11.8 Å². The zero-order valence-corrected chi connectivity index (χ0v) is 23.0. The second-order valence-corrected chi connectivity index (χ2v) is 10.1. The first-order valence-electron chi connectivity index (χ1n) is 11.5. The molecule has 8 heteroatoms. The van der Waals surface area contributed by atoms with Crippen molar-refractivity contribution in [3.63, 3.8) is 0 Å². The van der Waals surface area contributed by atoms with Gasteiger partial charge in [0.1, 0.15) is 5.75 Å². The first-order chi connectivity index (χ1) is 16.2. The molecule has 2 N–H and O–H groups in total. The van der Waals surface area contributed by atoms with Gasteiger partial charge in [0.2, 0.25) is 0 Å². The molecule has 186 valence electrons. The number of benzene rings is 2. The normalized spacial score (nSPS) is 10.8. The molecular formula is C26H35BrN2O4S. The number of carbonyl (C=O) groups excluding carboxylic acids is 1. The minimum atomic E-state index is -0.293. The Morgan fingerprint density at radius 3 is 2.15 bits per heavy atom. The monoisotopic (exact) mass is 550 g/mol. The van der Waals surface area contributed by atoms with Gasteiger partial charge in [-0.15, -0.1) is 0 Å². The van der Waals surface area contributed by atoms with Crippen LogP contribution in [0.2, 0.25) is 0 Å². The Labute approximate surface area is 216 Å². The number of carbonyl (C=O) groups is 1. The summed E-state index contributed by atoms with van der Waals surface area (Å²) < 4.78 is 17.8. The molecule has 0 saturated carbocycles. The van der Waals surface area contributed by atoms with Gasteiger partial charge in [0, 0.05) is 12.1 Å². The van der Waals surface area contributed by atoms with E-state index in [1.807, 2.05) is 18.2 Å². The molecule has 0 fully saturated rings. The minimum absolute atomic E-state index is 0.245. The summed E-state index contributed by atoms with van der Waals surface area (Å²) in [6.07, 6.45) is 1.94. The van der Waals surface area contributed by atoms with Gasteiger partial charge in [-0.3, -0.25) is 10.1 Å². The van der Waals surface area contributed by atoms with Gasteiger partial charge < -0.3 is 19.5 Å². The Bertz CT molecular complexity index is 966. The fourth-order valence-electron chi connectivity index (χ4n) is 2.91. The highest BCUT2D eigenvalue weighted by Gasteiger charge is 2.12. The third-order valence-corrected chi connectivity index (χ3v) is 5.87. The van der Waals surface area contributed by atoms with Crippen LogP contribution in [0.15, 0.2) is 40.9 Å². The molecule has 0 spiro atoms. The van der Waals surface area contributed by atoms with Gasteiger partial charge in [0.05, 0.1) is 24.8 Å². The predicted octanol–water partition coefficient (Wildman–Crippen LogP) is 6.11. The molecule has 0 aliphatic carbocycles. The second-order valence-electron chi connectivity index (χ2n) is 8.83. The molecule has 0 atom stereocenters. The van der Waals surface area contributed by atoms with Crippen molar-refractivity contribution in [2.45, 2.75) is 47.1 Å². The van der Waals surface area contributed by atoms with Gasteiger partial charge in [-0.1, -0.05) is 33.8 Å². The van der Waals surface area contributed by atoms with E-state index in [1.54, 1.807) is 25.3 Å². The van der Waals surface area contributed by atoms with Crippen molar-refractivity contribution in [2.75, 3.05) is 20.3 Å². The van der Waals surface area contributed by atoms with Crippen LogP contribution in [0.4, 0.5) is 0 Å². The van der Waals surface area contributed by atoms with E-state index < -0.39 is 0 Å². The first kappa shape index (κ1) is 27.9. The number of ether oxygens (including phenoxy) is 3. The average Bonchev–Trinajstić information content (AvgIpc) is 2.78. The third-order valence-electron chi connectivity index (χ3n) is 5.01. The number of thiocarbonyl (C=S) groups is 1. The summed E-state index contributed by atoms with van der Waals surface area (Å²) in [5, 5.41) is 6.02. The molecule has 34 heavy (non-hydrogen) atoms. The van der Waals surface area contributed by atoms with Crippen molar-refractivity contribution in [1.82, 2.24) is 10.6 Å². The Morgan fingerprint density at radius 1 is 0.941 bits per heavy atom. The molecule has 0 heterocycles. The molecular weight excluding hydrogens is 516 g/mol. The maximum Gasteiger partial charge on any atom is 0.257 e. The quantitative estimate of drug-likeness (QED) is 0.310. The van der Waals surface area contributed by atoms with Crippen LogP contribution in [0.25, 0.3) is 0 Å². The van der Waals surface area contributed by atoms with Crippen LogP contribution in [0.5, 0.6) is 17.2 Å². The fraction of sp³-hybridized carbons (Fsp3) is 0.462. The number of amides is 1. The van der Waals surface area contributed by atoms with Crippen LogP contribution in [-0.4, -0.2) is 31.3 Å². The number of nitrogens with one attached hydrogen (secondary N) is 2. The van der Waals surface area contributed by atoms with Crippen LogP contribution in [-0.2, 0) is 6.54 Å². The molecule has 0 aromatic heterocycles. The summed E-state index contributed by atoms with van der Waals surface area (Å²) in [6, 6.07) is 11.0. The third kappa shape index (κ3) is 9.50. The topological polar surface area (TPSA) is 68.8 Å². The highest BCUT2D eigenvalue weighted by molar-refractivity contribution is 9.10. The Hall–Kier alpha value is -2.32. The maximum atomic E-state index is 12.6. The van der Waals surface area contributed by atoms with E-state index in [0.29, 0.717) is 54.4 Å². The van der Waals surface area contributed by atoms with Gasteiger partial charge in [0.25, 0.3) is 5.91 Å². The van der Waals surface area contributed by atoms with Crippen molar-refractivity contribution < 1.29 is 19.0 Å². The number of hydrogen-bond acceptors (Lipinski definition) is 5. The molecule has 6 nitrogen and oxygen atoms in total. The maximum absolute atomic E-state index is 12.6. The molecule has 2 rings (SSSR count). The van der Waals surface area contributed by atoms with E-state index >= 15 is 0 Å². The van der Waals surface area contributed by atoms with E-state index in [-0.39, 0.29) is 11.0 Å². The van der Waals surface area contributed by atoms with E-state index in [9.17, 15) is 4.79 Å². The van der Waals surface area contributed by atoms with Crippen LogP contribution in [0, 0.1) is 11.8 Å². The SMILES string of the molecule is COc1cc(CNC(=S)NC(=O)c2ccc(OCCC(C)C)c(Br)c2)ccc1OCCC(C)C. The predicted molar refractivity (Wildman–Crippen MR) is 144 cm³/mol. The smallest absolute Gasteiger partial charge is 0.257 e. The summed E-state index contributed by atoms with van der Waals surface area (Å²) in [5.74, 6) is 2.94. The van der Waals surface area contributed by atoms with Crippen molar-refractivity contribution in [1.29, 1.82) is 0 Å². The van der Waals surface area contributed by atoms with Crippen molar-refractivity contribution in [3.05, 3.63) is 52.0 Å². The zero-order valence-electron chi connectivity index (χ0n) is 20.6. The van der Waals surface area contributed by atoms with Crippen LogP contribution < -0.4 is 24.8 Å². The van der Waals surface area contributed by atoms with Gasteiger partial charge in [-0.05, 0) is 88.7 Å². The van der Waals surface area contributed by atoms with Gasteiger partial charge in [0.15, 0.2) is 16.6 Å². The standard InChI is InChI=1S/C26H35BrN2O4S/c1-17(2)10-12-32-22-9-7-20(15-21(22)27)25(30)29-26(34)28-16-19-6-8-23(24(14-19)31-5)33-13-11-18(3)4/h6-9,14-15,17-18H,10-13,16H2,1-5H3,(H2,28,29,30,34). The number of hydrogen-bond donors (Lipinski definition) is 2. The minimum Gasteiger partial charge on any atom is -0.493 e. The Balaban J connectivity index is 1.87. The number of halogens is 1. The summed E-state index contributed by atoms with van der Waals surface area (Å²) in [7, 11) is 1.62. The van der Waals surface area contributed by atoms with Gasteiger partial charge >= 0.3 is 0 Å². The molecule has 2 aromatic rings. The first-order valence-corrected chi connectivity index (χ1v) is 12.7. The summed E-state index contributed by atoms with van der Waals surface area (Å²) in [5.41, 5.74) is 1.44. The zero-order chi connectivity index (χ0) is 25.1. The summed E-state index contributed by atoms with van der Waals surface area (Å²) in [4.78, 5) is 12.6. The van der Waals surface area contributed by atoms with Crippen molar-refractivity contribution in [3.8, 4) is 17.2 Å². The molecule has 0 unspecified atom stereocenters. The molecule has 2 aromatic carbocycles. The fourth-order valence-corrected chi connectivity index (χ4v) is 3.57. The lowest BCUT2D eigenvalue weighted by Crippen LogP contribution is -2.38. The molecule has 0 aliphatic rings. The number of rotatable bonds is 12. The number of methoxy groups -OCH3 is 1. The van der Waals surface area contributed by atoms with Gasteiger partial charge in [-0.25, -0.2) is 0 Å². The largest absolute Gasteiger partial charge is 0.493 e. The summed E-state index contributed by atoms with van der Waals surface area (Å²) >= 11 is 8.78. The summed E-state index contributed by atoms with van der Waals surface area (Å²) in [6.45, 7) is 10.3. The van der Waals surface area contributed by atoms with E-state index in [2.05, 4.69) is 54.3 Å².